The van der Waals surface area contributed by atoms with Crippen molar-refractivity contribution < 1.29 is 9.90 Å². The van der Waals surface area contributed by atoms with Gasteiger partial charge in [-0.1, -0.05) is 18.2 Å². The predicted molar refractivity (Wildman–Crippen MR) is 95.9 cm³/mol. The Kier molecular flexibility index (Phi) is 4.01. The van der Waals surface area contributed by atoms with E-state index in [1.807, 2.05) is 37.4 Å². The number of carboxylic acids is 1. The third-order valence-electron chi connectivity index (χ3n) is 4.38. The van der Waals surface area contributed by atoms with E-state index in [1.165, 1.54) is 28.4 Å². The molecule has 24 heavy (non-hydrogen) atoms. The summed E-state index contributed by atoms with van der Waals surface area (Å²) in [6.45, 7) is 7.22. The van der Waals surface area contributed by atoms with Crippen LogP contribution in [0.1, 0.15) is 29.9 Å². The van der Waals surface area contributed by atoms with Crippen LogP contribution in [0.5, 0.6) is 0 Å². The highest BCUT2D eigenvalue weighted by Crippen LogP contribution is 2.32. The molecule has 0 aliphatic rings. The van der Waals surface area contributed by atoms with Crippen LogP contribution in [0.25, 0.3) is 21.3 Å². The first-order chi connectivity index (χ1) is 11.3. The molecule has 0 aliphatic heterocycles. The Balaban J connectivity index is 2.32. The summed E-state index contributed by atoms with van der Waals surface area (Å²) in [4.78, 5) is 29.4. The average molecular weight is 342 g/mol. The molecule has 6 heteroatoms. The van der Waals surface area contributed by atoms with Crippen LogP contribution in [0, 0.1) is 20.8 Å². The molecule has 124 valence electrons. The molecule has 0 bridgehead atoms. The van der Waals surface area contributed by atoms with E-state index >= 15 is 0 Å². The molecule has 0 aliphatic carbocycles. The summed E-state index contributed by atoms with van der Waals surface area (Å²) in [7, 11) is 0. The molecule has 1 N–H and O–H groups in total. The average Bonchev–Trinajstić information content (AvgIpc) is 2.93. The largest absolute Gasteiger partial charge is 0.480 e. The number of benzene rings is 1. The maximum Gasteiger partial charge on any atom is 0.326 e. The summed E-state index contributed by atoms with van der Waals surface area (Å²) < 4.78 is 1.25. The first-order valence-corrected chi connectivity index (χ1v) is 8.50. The molecule has 3 rings (SSSR count). The maximum absolute atomic E-state index is 13.0. The molecule has 0 saturated carbocycles. The number of hydrogen-bond acceptors (Lipinski definition) is 4. The Morgan fingerprint density at radius 1 is 1.25 bits per heavy atom. The van der Waals surface area contributed by atoms with Gasteiger partial charge in [0.05, 0.1) is 5.39 Å². The molecule has 5 nitrogen and oxygen atoms in total. The lowest BCUT2D eigenvalue weighted by atomic mass is 10.0. The zero-order valence-electron chi connectivity index (χ0n) is 14.0. The van der Waals surface area contributed by atoms with Crippen molar-refractivity contribution in [2.45, 2.75) is 33.7 Å². The van der Waals surface area contributed by atoms with Gasteiger partial charge in [0, 0.05) is 10.9 Å². The van der Waals surface area contributed by atoms with E-state index in [2.05, 4.69) is 4.98 Å². The van der Waals surface area contributed by atoms with Gasteiger partial charge in [0.1, 0.15) is 16.7 Å². The Morgan fingerprint density at radius 2 is 1.96 bits per heavy atom. The molecule has 0 fully saturated rings. The fraction of sp³-hybridized carbons (Fsp3) is 0.278. The first-order valence-electron chi connectivity index (χ1n) is 7.62. The van der Waals surface area contributed by atoms with Gasteiger partial charge in [-0.05, 0) is 44.4 Å². The minimum Gasteiger partial charge on any atom is -0.480 e. The molecule has 1 atom stereocenters. The van der Waals surface area contributed by atoms with Crippen LogP contribution >= 0.6 is 11.3 Å². The van der Waals surface area contributed by atoms with E-state index < -0.39 is 12.0 Å². The SMILES string of the molecule is Cc1ccc(-c2csc3nc(C)n(C(C)C(=O)O)c(=O)c23)cc1C. The number of nitrogens with zero attached hydrogens (tertiary/aromatic N) is 2. The molecule has 0 amide bonds. The number of fused-ring (bicyclic) bond motifs is 1. The smallest absolute Gasteiger partial charge is 0.326 e. The Bertz CT molecular complexity index is 1020. The molecule has 0 radical (unpaired) electrons. The van der Waals surface area contributed by atoms with Crippen molar-refractivity contribution >= 4 is 27.5 Å². The predicted octanol–water partition coefficient (Wildman–Crippen LogP) is 3.70. The third kappa shape index (κ3) is 2.53. The lowest BCUT2D eigenvalue weighted by molar-refractivity contribution is -0.140. The van der Waals surface area contributed by atoms with Crippen LogP contribution in [0.2, 0.25) is 0 Å². The van der Waals surface area contributed by atoms with E-state index in [-0.39, 0.29) is 5.56 Å². The molecule has 1 unspecified atom stereocenters. The van der Waals surface area contributed by atoms with Crippen LogP contribution in [0.4, 0.5) is 0 Å². The van der Waals surface area contributed by atoms with Crippen molar-refractivity contribution in [2.75, 3.05) is 0 Å². The summed E-state index contributed by atoms with van der Waals surface area (Å²) in [5.41, 5.74) is 3.78. The number of carboxylic acid groups (broad SMARTS) is 1. The Labute approximate surface area is 143 Å². The number of rotatable bonds is 3. The summed E-state index contributed by atoms with van der Waals surface area (Å²) in [6, 6.07) is 5.09. The minimum absolute atomic E-state index is 0.304. The van der Waals surface area contributed by atoms with Gasteiger partial charge in [0.25, 0.3) is 5.56 Å². The first kappa shape index (κ1) is 16.4. The molecule has 1 aromatic carbocycles. The van der Waals surface area contributed by atoms with E-state index in [0.717, 1.165) is 16.7 Å². The molecular weight excluding hydrogens is 324 g/mol. The number of aromatic nitrogens is 2. The van der Waals surface area contributed by atoms with Crippen LogP contribution < -0.4 is 5.56 Å². The quantitative estimate of drug-likeness (QED) is 0.788. The van der Waals surface area contributed by atoms with E-state index in [4.69, 9.17) is 0 Å². The molecule has 0 spiro atoms. The van der Waals surface area contributed by atoms with Crippen molar-refractivity contribution in [1.29, 1.82) is 0 Å². The van der Waals surface area contributed by atoms with Gasteiger partial charge in [0.2, 0.25) is 0 Å². The lowest BCUT2D eigenvalue weighted by Gasteiger charge is -2.14. The van der Waals surface area contributed by atoms with Gasteiger partial charge in [-0.25, -0.2) is 9.78 Å². The maximum atomic E-state index is 13.0. The fourth-order valence-electron chi connectivity index (χ4n) is 2.79. The highest BCUT2D eigenvalue weighted by Gasteiger charge is 2.22. The van der Waals surface area contributed by atoms with Gasteiger partial charge in [-0.2, -0.15) is 0 Å². The number of thiophene rings is 1. The number of aryl methyl sites for hydroxylation is 3. The highest BCUT2D eigenvalue weighted by molar-refractivity contribution is 7.17. The highest BCUT2D eigenvalue weighted by atomic mass is 32.1. The minimum atomic E-state index is -1.05. The monoisotopic (exact) mass is 342 g/mol. The molecule has 2 aromatic heterocycles. The van der Waals surface area contributed by atoms with Crippen molar-refractivity contribution in [3.8, 4) is 11.1 Å². The van der Waals surface area contributed by atoms with Crippen molar-refractivity contribution in [3.63, 3.8) is 0 Å². The molecule has 0 saturated heterocycles. The summed E-state index contributed by atoms with van der Waals surface area (Å²) >= 11 is 1.40. The van der Waals surface area contributed by atoms with Crippen LogP contribution in [0.15, 0.2) is 28.4 Å². The summed E-state index contributed by atoms with van der Waals surface area (Å²) in [5.74, 6) is -0.639. The standard InChI is InChI=1S/C18H18N2O3S/c1-9-5-6-13(7-10(9)2)14-8-24-16-15(14)17(21)20(12(4)19-16)11(3)18(22)23/h5-8,11H,1-4H3,(H,22,23). The lowest BCUT2D eigenvalue weighted by Crippen LogP contribution is -2.30. The second kappa shape index (κ2) is 5.87. The van der Waals surface area contributed by atoms with Gasteiger partial charge in [-0.3, -0.25) is 9.36 Å². The van der Waals surface area contributed by atoms with E-state index in [0.29, 0.717) is 16.0 Å². The van der Waals surface area contributed by atoms with Crippen LogP contribution in [-0.4, -0.2) is 20.6 Å². The Morgan fingerprint density at radius 3 is 2.58 bits per heavy atom. The van der Waals surface area contributed by atoms with Crippen LogP contribution in [0.3, 0.4) is 0 Å². The number of aliphatic carboxylic acids is 1. The van der Waals surface area contributed by atoms with Gasteiger partial charge in [-0.15, -0.1) is 11.3 Å². The number of hydrogen-bond donors (Lipinski definition) is 1. The summed E-state index contributed by atoms with van der Waals surface area (Å²) in [6.07, 6.45) is 0. The van der Waals surface area contributed by atoms with Gasteiger partial charge < -0.3 is 5.11 Å². The normalized spacial score (nSPS) is 12.5. The zero-order chi connectivity index (χ0) is 17.6. The van der Waals surface area contributed by atoms with Gasteiger partial charge in [0.15, 0.2) is 0 Å². The summed E-state index contributed by atoms with van der Waals surface area (Å²) in [5, 5.41) is 11.7. The molecule has 3 aromatic rings. The van der Waals surface area contributed by atoms with Gasteiger partial charge >= 0.3 is 5.97 Å². The van der Waals surface area contributed by atoms with E-state index in [9.17, 15) is 14.7 Å². The third-order valence-corrected chi connectivity index (χ3v) is 5.25. The molecular formula is C18H18N2O3S. The van der Waals surface area contributed by atoms with Crippen molar-refractivity contribution in [1.82, 2.24) is 9.55 Å². The fourth-order valence-corrected chi connectivity index (χ4v) is 3.78. The Hall–Kier alpha value is -2.47. The topological polar surface area (TPSA) is 72.2 Å². The number of carbonyl (C=O) groups is 1. The molecule has 2 heterocycles. The second-order valence-electron chi connectivity index (χ2n) is 5.98. The van der Waals surface area contributed by atoms with Crippen molar-refractivity contribution in [2.24, 2.45) is 0 Å². The van der Waals surface area contributed by atoms with Crippen molar-refractivity contribution in [3.05, 3.63) is 50.9 Å². The zero-order valence-corrected chi connectivity index (χ0v) is 14.8. The van der Waals surface area contributed by atoms with Crippen LogP contribution in [-0.2, 0) is 4.79 Å². The second-order valence-corrected chi connectivity index (χ2v) is 6.84. The van der Waals surface area contributed by atoms with E-state index in [1.54, 1.807) is 6.92 Å².